The summed E-state index contributed by atoms with van der Waals surface area (Å²) in [5, 5.41) is 12.2. The normalized spacial score (nSPS) is 19.4. The van der Waals surface area contributed by atoms with Crippen molar-refractivity contribution in [3.8, 4) is 6.07 Å². The van der Waals surface area contributed by atoms with Gasteiger partial charge in [0.25, 0.3) is 0 Å². The Morgan fingerprint density at radius 3 is 2.53 bits per heavy atom. The molecule has 0 aromatic carbocycles. The Morgan fingerprint density at radius 2 is 2.12 bits per heavy atom. The van der Waals surface area contributed by atoms with Gasteiger partial charge in [-0.3, -0.25) is 0 Å². The van der Waals surface area contributed by atoms with Crippen LogP contribution in [0, 0.1) is 17.2 Å². The first kappa shape index (κ1) is 14.5. The van der Waals surface area contributed by atoms with E-state index in [2.05, 4.69) is 30.1 Å². The predicted octanol–water partition coefficient (Wildman–Crippen LogP) is 2.39. The summed E-state index contributed by atoms with van der Waals surface area (Å²) in [6.07, 6.45) is 4.84. The lowest BCUT2D eigenvalue weighted by molar-refractivity contribution is 0.203. The molecule has 1 atom stereocenters. The van der Waals surface area contributed by atoms with Gasteiger partial charge >= 0.3 is 0 Å². The zero-order valence-corrected chi connectivity index (χ0v) is 11.8. The van der Waals surface area contributed by atoms with E-state index in [0.717, 1.165) is 25.3 Å². The molecular formula is C14H27N3. The van der Waals surface area contributed by atoms with Crippen LogP contribution in [0.15, 0.2) is 0 Å². The molecule has 98 valence electrons. The summed E-state index contributed by atoms with van der Waals surface area (Å²) >= 11 is 0. The minimum atomic E-state index is -0.359. The van der Waals surface area contributed by atoms with Crippen LogP contribution >= 0.6 is 0 Å². The van der Waals surface area contributed by atoms with Crippen molar-refractivity contribution in [1.82, 2.24) is 10.2 Å². The summed E-state index contributed by atoms with van der Waals surface area (Å²) in [5.41, 5.74) is -0.359. The molecule has 1 rings (SSSR count). The average molecular weight is 237 g/mol. The fourth-order valence-corrected chi connectivity index (χ4v) is 2.06. The van der Waals surface area contributed by atoms with Crippen molar-refractivity contribution in [2.24, 2.45) is 5.92 Å². The first-order valence-electron chi connectivity index (χ1n) is 6.85. The summed E-state index contributed by atoms with van der Waals surface area (Å²) in [5.74, 6) is 0.948. The lowest BCUT2D eigenvalue weighted by Crippen LogP contribution is -2.40. The van der Waals surface area contributed by atoms with Crippen LogP contribution in [0.5, 0.6) is 0 Å². The maximum atomic E-state index is 9.09. The number of nitriles is 1. The molecule has 0 aromatic heterocycles. The van der Waals surface area contributed by atoms with Crippen LogP contribution in [0.1, 0.15) is 46.5 Å². The van der Waals surface area contributed by atoms with Crippen LogP contribution in [-0.2, 0) is 0 Å². The van der Waals surface area contributed by atoms with Crippen LogP contribution in [0.3, 0.4) is 0 Å². The second-order valence-corrected chi connectivity index (χ2v) is 5.83. The lowest BCUT2D eigenvalue weighted by atomic mass is 9.98. The molecule has 3 nitrogen and oxygen atoms in total. The van der Waals surface area contributed by atoms with E-state index in [-0.39, 0.29) is 5.54 Å². The second kappa shape index (κ2) is 6.37. The number of hydrogen-bond acceptors (Lipinski definition) is 3. The second-order valence-electron chi connectivity index (χ2n) is 5.83. The van der Waals surface area contributed by atoms with E-state index < -0.39 is 0 Å². The Hall–Kier alpha value is -0.590. The van der Waals surface area contributed by atoms with Gasteiger partial charge in [-0.05, 0) is 66.0 Å². The smallest absolute Gasteiger partial charge is 0.103 e. The SMILES string of the molecule is CNC(C)(C#N)CCCN(CC1CC1)C(C)C. The molecule has 0 bridgehead atoms. The summed E-state index contributed by atoms with van der Waals surface area (Å²) in [6.45, 7) is 8.88. The van der Waals surface area contributed by atoms with E-state index in [1.807, 2.05) is 14.0 Å². The third-order valence-electron chi connectivity index (χ3n) is 3.84. The first-order chi connectivity index (χ1) is 8.00. The van der Waals surface area contributed by atoms with Gasteiger partial charge in [0.15, 0.2) is 0 Å². The molecule has 0 aliphatic heterocycles. The van der Waals surface area contributed by atoms with Crippen molar-refractivity contribution in [3.05, 3.63) is 0 Å². The summed E-state index contributed by atoms with van der Waals surface area (Å²) in [6, 6.07) is 2.98. The highest BCUT2D eigenvalue weighted by atomic mass is 15.1. The van der Waals surface area contributed by atoms with E-state index >= 15 is 0 Å². The van der Waals surface area contributed by atoms with Crippen molar-refractivity contribution in [2.75, 3.05) is 20.1 Å². The Labute approximate surface area is 106 Å². The quantitative estimate of drug-likeness (QED) is 0.704. The predicted molar refractivity (Wildman–Crippen MR) is 71.7 cm³/mol. The van der Waals surface area contributed by atoms with Crippen LogP contribution < -0.4 is 5.32 Å². The number of nitrogens with one attached hydrogen (secondary N) is 1. The highest BCUT2D eigenvalue weighted by molar-refractivity contribution is 5.02. The van der Waals surface area contributed by atoms with Gasteiger partial charge in [-0.25, -0.2) is 0 Å². The van der Waals surface area contributed by atoms with Gasteiger partial charge in [-0.1, -0.05) is 0 Å². The van der Waals surface area contributed by atoms with E-state index in [1.54, 1.807) is 0 Å². The molecule has 0 amide bonds. The molecule has 1 fully saturated rings. The number of rotatable bonds is 8. The van der Waals surface area contributed by atoms with Crippen molar-refractivity contribution >= 4 is 0 Å². The summed E-state index contributed by atoms with van der Waals surface area (Å²) < 4.78 is 0. The monoisotopic (exact) mass is 237 g/mol. The fraction of sp³-hybridized carbons (Fsp3) is 0.929. The van der Waals surface area contributed by atoms with Gasteiger partial charge in [0.05, 0.1) is 6.07 Å². The summed E-state index contributed by atoms with van der Waals surface area (Å²) in [4.78, 5) is 2.56. The Kier molecular flexibility index (Phi) is 5.42. The molecule has 0 heterocycles. The maximum absolute atomic E-state index is 9.09. The van der Waals surface area contributed by atoms with Crippen LogP contribution in [0.25, 0.3) is 0 Å². The minimum absolute atomic E-state index is 0.359. The standard InChI is InChI=1S/C14H27N3/c1-12(2)17(10-13-6-7-13)9-5-8-14(3,11-15)16-4/h12-13,16H,5-10H2,1-4H3. The molecule has 1 N–H and O–H groups in total. The average Bonchev–Trinajstić information content (AvgIpc) is 3.11. The van der Waals surface area contributed by atoms with Gasteiger partial charge in [-0.2, -0.15) is 5.26 Å². The zero-order chi connectivity index (χ0) is 12.9. The van der Waals surface area contributed by atoms with Crippen molar-refractivity contribution < 1.29 is 0 Å². The molecule has 17 heavy (non-hydrogen) atoms. The molecular weight excluding hydrogens is 210 g/mol. The van der Waals surface area contributed by atoms with Crippen molar-refractivity contribution in [2.45, 2.75) is 58.0 Å². The van der Waals surface area contributed by atoms with Crippen molar-refractivity contribution in [3.63, 3.8) is 0 Å². The number of nitrogens with zero attached hydrogens (tertiary/aromatic N) is 2. The topological polar surface area (TPSA) is 39.1 Å². The Balaban J connectivity index is 2.28. The van der Waals surface area contributed by atoms with Crippen LogP contribution in [0.4, 0.5) is 0 Å². The highest BCUT2D eigenvalue weighted by Crippen LogP contribution is 2.30. The molecule has 0 saturated heterocycles. The van der Waals surface area contributed by atoms with E-state index in [0.29, 0.717) is 6.04 Å². The Bertz CT molecular complexity index is 265. The largest absolute Gasteiger partial charge is 0.303 e. The van der Waals surface area contributed by atoms with Gasteiger partial charge < -0.3 is 10.2 Å². The van der Waals surface area contributed by atoms with Gasteiger partial charge in [-0.15, -0.1) is 0 Å². The highest BCUT2D eigenvalue weighted by Gasteiger charge is 2.26. The van der Waals surface area contributed by atoms with Crippen LogP contribution in [0.2, 0.25) is 0 Å². The molecule has 1 aliphatic rings. The third-order valence-corrected chi connectivity index (χ3v) is 3.84. The zero-order valence-electron chi connectivity index (χ0n) is 11.8. The van der Waals surface area contributed by atoms with Gasteiger partial charge in [0.1, 0.15) is 5.54 Å². The Morgan fingerprint density at radius 1 is 1.47 bits per heavy atom. The fourth-order valence-electron chi connectivity index (χ4n) is 2.06. The van der Waals surface area contributed by atoms with Gasteiger partial charge in [0, 0.05) is 12.6 Å². The van der Waals surface area contributed by atoms with E-state index in [9.17, 15) is 0 Å². The molecule has 0 aromatic rings. The lowest BCUT2D eigenvalue weighted by Gasteiger charge is -2.28. The van der Waals surface area contributed by atoms with Crippen LogP contribution in [-0.4, -0.2) is 36.6 Å². The molecule has 3 heteroatoms. The molecule has 1 saturated carbocycles. The van der Waals surface area contributed by atoms with Crippen molar-refractivity contribution in [1.29, 1.82) is 5.26 Å². The molecule has 1 unspecified atom stereocenters. The summed E-state index contributed by atoms with van der Waals surface area (Å²) in [7, 11) is 1.87. The molecule has 0 spiro atoms. The third kappa shape index (κ3) is 5.06. The van der Waals surface area contributed by atoms with E-state index in [4.69, 9.17) is 5.26 Å². The minimum Gasteiger partial charge on any atom is -0.303 e. The van der Waals surface area contributed by atoms with E-state index in [1.165, 1.54) is 19.4 Å². The first-order valence-corrected chi connectivity index (χ1v) is 6.85. The maximum Gasteiger partial charge on any atom is 0.103 e. The van der Waals surface area contributed by atoms with Gasteiger partial charge in [0.2, 0.25) is 0 Å². The molecule has 1 aliphatic carbocycles. The molecule has 0 radical (unpaired) electrons. The number of hydrogen-bond donors (Lipinski definition) is 1.